The molecule has 3 N–H and O–H groups in total. The van der Waals surface area contributed by atoms with Crippen molar-refractivity contribution >= 4 is 87.1 Å². The number of aliphatic hydroxyl groups is 1. The van der Waals surface area contributed by atoms with E-state index in [1.807, 2.05) is 18.2 Å². The fourth-order valence-corrected chi connectivity index (χ4v) is 5.50. The number of alkyl halides is 3. The van der Waals surface area contributed by atoms with Crippen LogP contribution in [-0.2, 0) is 23.9 Å². The van der Waals surface area contributed by atoms with E-state index in [-0.39, 0.29) is 24.3 Å². The number of aliphatic hydroxyl groups excluding tert-OH is 1. The summed E-state index contributed by atoms with van der Waals surface area (Å²) in [6.07, 6.45) is 3.83. The summed E-state index contributed by atoms with van der Waals surface area (Å²) >= 11 is 23.4. The van der Waals surface area contributed by atoms with Crippen molar-refractivity contribution in [1.82, 2.24) is 20.5 Å². The van der Waals surface area contributed by atoms with Crippen molar-refractivity contribution in [2.75, 3.05) is 19.7 Å². The fourth-order valence-electron chi connectivity index (χ4n) is 5.06. The lowest BCUT2D eigenvalue weighted by molar-refractivity contribution is -0.152. The summed E-state index contributed by atoms with van der Waals surface area (Å²) < 4.78 is 3.36. The summed E-state index contributed by atoms with van der Waals surface area (Å²) in [5, 5.41) is 16.7. The number of nitrogens with one attached hydrogen (secondary N) is 2. The molecule has 1 aromatic carbocycles. The molecule has 1 fully saturated rings. The van der Waals surface area contributed by atoms with Gasteiger partial charge in [0, 0.05) is 18.5 Å². The molecule has 0 aliphatic carbocycles. The van der Waals surface area contributed by atoms with E-state index in [0.29, 0.717) is 35.6 Å². The Morgan fingerprint density at radius 3 is 2.40 bits per heavy atom. The van der Waals surface area contributed by atoms with Crippen LogP contribution in [0.5, 0.6) is 0 Å². The maximum atomic E-state index is 13.4. The number of likely N-dealkylation sites (tertiary alicyclic amines) is 1. The average Bonchev–Trinajstić information content (AvgIpc) is 3.00. The summed E-state index contributed by atoms with van der Waals surface area (Å²) in [5.41, 5.74) is 0.826. The number of hydrogen-bond acceptors (Lipinski definition) is 7. The Hall–Kier alpha value is -2.63. The molecule has 0 spiro atoms. The third-order valence-corrected chi connectivity index (χ3v) is 8.56. The van der Waals surface area contributed by atoms with Crippen LogP contribution >= 0.6 is 46.4 Å². The molecule has 1 saturated heterocycles. The number of amides is 3. The van der Waals surface area contributed by atoms with Gasteiger partial charge < -0.3 is 25.4 Å². The highest BCUT2D eigenvalue weighted by Crippen LogP contribution is 2.29. The van der Waals surface area contributed by atoms with Crippen LogP contribution < -0.4 is 10.6 Å². The lowest BCUT2D eigenvalue weighted by Gasteiger charge is -2.34. The van der Waals surface area contributed by atoms with Gasteiger partial charge >= 0.3 is 5.97 Å². The molecule has 0 bridgehead atoms. The van der Waals surface area contributed by atoms with Crippen LogP contribution in [0.3, 0.4) is 0 Å². The van der Waals surface area contributed by atoms with Crippen molar-refractivity contribution in [3.63, 3.8) is 0 Å². The normalized spacial score (nSPS) is 17.8. The molecular formula is C33H42Cl4N4O6. The fraction of sp³-hybridized carbons (Fsp3) is 0.545. The van der Waals surface area contributed by atoms with Gasteiger partial charge in [-0.1, -0.05) is 84.5 Å². The van der Waals surface area contributed by atoms with Crippen LogP contribution in [-0.4, -0.2) is 74.3 Å². The van der Waals surface area contributed by atoms with Crippen molar-refractivity contribution in [2.45, 2.75) is 76.4 Å². The quantitative estimate of drug-likeness (QED) is 0.197. The van der Waals surface area contributed by atoms with Gasteiger partial charge in [0.05, 0.1) is 33.7 Å². The minimum atomic E-state index is -1.73. The number of aromatic nitrogens is 1. The molecule has 10 nitrogen and oxygen atoms in total. The van der Waals surface area contributed by atoms with E-state index in [4.69, 9.17) is 51.1 Å². The smallest absolute Gasteiger partial charge is 0.310 e. The second kappa shape index (κ2) is 16.2. The van der Waals surface area contributed by atoms with Crippen LogP contribution in [0.1, 0.15) is 71.7 Å². The maximum absolute atomic E-state index is 13.4. The highest BCUT2D eigenvalue weighted by atomic mass is 35.6. The van der Waals surface area contributed by atoms with Gasteiger partial charge in [0.1, 0.15) is 18.7 Å². The summed E-state index contributed by atoms with van der Waals surface area (Å²) in [6.45, 7) is 10.4. The standard InChI is InChI=1S/C33H42Cl4N4O6/c1-18(2)27(28(43)38-19(3)29(44)41-13-7-8-22(16-41)30(45)47-17-33(35,36)37)40-31(46)32(5,6)12-11-21-9-10-23-24(34)15-25(20(4)42)39-26(23)14-21/h9-12,14-15,18-20,22,27,42H,7-8,13,16-17H2,1-6H3,(H,38,43)(H,40,46)/b12-11+/t19-,20+,22+,27-/m0/s1. The van der Waals surface area contributed by atoms with Gasteiger partial charge in [-0.15, -0.1) is 0 Å². The van der Waals surface area contributed by atoms with Crippen molar-refractivity contribution in [3.8, 4) is 0 Å². The predicted molar refractivity (Wildman–Crippen MR) is 185 cm³/mol. The topological polar surface area (TPSA) is 138 Å². The summed E-state index contributed by atoms with van der Waals surface area (Å²) in [6, 6.07) is 5.30. The largest absolute Gasteiger partial charge is 0.461 e. The van der Waals surface area contributed by atoms with Crippen LogP contribution in [0.25, 0.3) is 17.0 Å². The Kier molecular flexibility index (Phi) is 13.4. The van der Waals surface area contributed by atoms with E-state index in [1.165, 1.54) is 4.90 Å². The van der Waals surface area contributed by atoms with Gasteiger partial charge in [-0.3, -0.25) is 19.2 Å². The molecule has 258 valence electrons. The van der Waals surface area contributed by atoms with Gasteiger partial charge in [-0.25, -0.2) is 4.98 Å². The zero-order valence-corrected chi connectivity index (χ0v) is 30.3. The molecule has 1 aromatic heterocycles. The Bertz CT molecular complexity index is 1510. The van der Waals surface area contributed by atoms with Gasteiger partial charge in [-0.05, 0) is 64.2 Å². The number of benzene rings is 1. The Balaban J connectivity index is 1.64. The van der Waals surface area contributed by atoms with E-state index in [9.17, 15) is 24.3 Å². The molecule has 2 aromatic rings. The molecule has 14 heteroatoms. The van der Waals surface area contributed by atoms with Crippen LogP contribution in [0.15, 0.2) is 30.3 Å². The molecule has 0 saturated carbocycles. The van der Waals surface area contributed by atoms with E-state index in [1.54, 1.807) is 59.8 Å². The third-order valence-electron chi connectivity index (χ3n) is 7.92. The van der Waals surface area contributed by atoms with Crippen LogP contribution in [0.2, 0.25) is 5.02 Å². The number of carbonyl (C=O) groups is 4. The van der Waals surface area contributed by atoms with Gasteiger partial charge in [-0.2, -0.15) is 0 Å². The number of piperidine rings is 1. The summed E-state index contributed by atoms with van der Waals surface area (Å²) in [5.74, 6) is -2.67. The lowest BCUT2D eigenvalue weighted by Crippen LogP contribution is -2.57. The van der Waals surface area contributed by atoms with E-state index in [0.717, 1.165) is 10.9 Å². The van der Waals surface area contributed by atoms with Gasteiger partial charge in [0.25, 0.3) is 0 Å². The summed E-state index contributed by atoms with van der Waals surface area (Å²) in [4.78, 5) is 58.5. The molecule has 47 heavy (non-hydrogen) atoms. The van der Waals surface area contributed by atoms with Gasteiger partial charge in [0.2, 0.25) is 21.5 Å². The Morgan fingerprint density at radius 1 is 1.11 bits per heavy atom. The number of rotatable bonds is 11. The van der Waals surface area contributed by atoms with Crippen molar-refractivity contribution < 1.29 is 29.0 Å². The highest BCUT2D eigenvalue weighted by Gasteiger charge is 2.35. The maximum Gasteiger partial charge on any atom is 0.310 e. The van der Waals surface area contributed by atoms with Crippen LogP contribution in [0, 0.1) is 17.3 Å². The molecular weight excluding hydrogens is 690 g/mol. The predicted octanol–water partition coefficient (Wildman–Crippen LogP) is 5.78. The Labute approximate surface area is 295 Å². The molecule has 1 aliphatic heterocycles. The Morgan fingerprint density at radius 2 is 1.79 bits per heavy atom. The molecule has 1 aliphatic rings. The first kappa shape index (κ1) is 38.8. The van der Waals surface area contributed by atoms with Gasteiger partial charge in [0.15, 0.2) is 0 Å². The van der Waals surface area contributed by atoms with Crippen molar-refractivity contribution in [1.29, 1.82) is 0 Å². The average molecular weight is 733 g/mol. The highest BCUT2D eigenvalue weighted by molar-refractivity contribution is 6.67. The SMILES string of the molecule is CC(C)[C@H](NC(=O)C(C)(C)/C=C/c1ccc2c(Cl)cc([C@@H](C)O)nc2c1)C(=O)N[C@@H](C)C(=O)N1CCC[C@@H](C(=O)OCC(Cl)(Cl)Cl)C1. The second-order valence-corrected chi connectivity index (χ2v) is 15.7. The minimum absolute atomic E-state index is 0.116. The number of pyridine rings is 1. The van der Waals surface area contributed by atoms with E-state index < -0.39 is 51.8 Å². The van der Waals surface area contributed by atoms with Crippen LogP contribution in [0.4, 0.5) is 0 Å². The first-order valence-electron chi connectivity index (χ1n) is 15.4. The number of halogens is 4. The number of fused-ring (bicyclic) bond motifs is 1. The number of hydrogen-bond donors (Lipinski definition) is 3. The van der Waals surface area contributed by atoms with E-state index >= 15 is 0 Å². The molecule has 3 amide bonds. The minimum Gasteiger partial charge on any atom is -0.461 e. The molecule has 0 unspecified atom stereocenters. The molecule has 0 radical (unpaired) electrons. The van der Waals surface area contributed by atoms with E-state index in [2.05, 4.69) is 15.6 Å². The number of ether oxygens (including phenoxy) is 1. The summed E-state index contributed by atoms with van der Waals surface area (Å²) in [7, 11) is 0. The number of carbonyl (C=O) groups excluding carboxylic acids is 4. The second-order valence-electron chi connectivity index (χ2n) is 12.8. The number of esters is 1. The van der Waals surface area contributed by atoms with Crippen molar-refractivity contribution in [3.05, 3.63) is 46.6 Å². The molecule has 4 atom stereocenters. The first-order valence-corrected chi connectivity index (χ1v) is 16.9. The molecule has 2 heterocycles. The third kappa shape index (κ3) is 10.9. The molecule has 3 rings (SSSR count). The first-order chi connectivity index (χ1) is 21.8. The zero-order chi connectivity index (χ0) is 35.3. The number of nitrogens with zero attached hydrogens (tertiary/aromatic N) is 2. The van der Waals surface area contributed by atoms with Crippen molar-refractivity contribution in [2.24, 2.45) is 17.3 Å². The monoisotopic (exact) mass is 730 g/mol. The lowest BCUT2D eigenvalue weighted by atomic mass is 9.89. The zero-order valence-electron chi connectivity index (χ0n) is 27.3.